The Bertz CT molecular complexity index is 946. The predicted octanol–water partition coefficient (Wildman–Crippen LogP) is 2.35. The van der Waals surface area contributed by atoms with E-state index in [2.05, 4.69) is 10.0 Å². The molecule has 2 aromatic carbocycles. The molecular formula is C16H15FN2O5S. The first kappa shape index (κ1) is 17.0. The van der Waals surface area contributed by atoms with Crippen molar-refractivity contribution in [3.8, 4) is 11.5 Å². The van der Waals surface area contributed by atoms with Crippen LogP contribution in [-0.4, -0.2) is 27.5 Å². The van der Waals surface area contributed by atoms with E-state index < -0.39 is 21.9 Å². The van der Waals surface area contributed by atoms with Gasteiger partial charge in [-0.25, -0.2) is 12.8 Å². The van der Waals surface area contributed by atoms with Crippen molar-refractivity contribution in [1.29, 1.82) is 0 Å². The number of fused-ring (bicyclic) bond motifs is 1. The van der Waals surface area contributed by atoms with E-state index >= 15 is 0 Å². The van der Waals surface area contributed by atoms with Gasteiger partial charge in [0.15, 0.2) is 6.10 Å². The SMILES string of the molecule is COc1ccc(F)cc1S(=O)(=O)Nc1ccc2c(c1)NC(=O)C(C)O2. The van der Waals surface area contributed by atoms with Crippen LogP contribution in [0.2, 0.25) is 0 Å². The largest absolute Gasteiger partial charge is 0.495 e. The van der Waals surface area contributed by atoms with Gasteiger partial charge in [-0.2, -0.15) is 0 Å². The average molecular weight is 366 g/mol. The Morgan fingerprint density at radius 2 is 2.00 bits per heavy atom. The number of carbonyl (C=O) groups is 1. The maximum Gasteiger partial charge on any atom is 0.265 e. The second-order valence-corrected chi connectivity index (χ2v) is 7.01. The van der Waals surface area contributed by atoms with Crippen LogP contribution in [0.1, 0.15) is 6.92 Å². The van der Waals surface area contributed by atoms with Crippen molar-refractivity contribution < 1.29 is 27.1 Å². The average Bonchev–Trinajstić information content (AvgIpc) is 2.56. The van der Waals surface area contributed by atoms with Crippen molar-refractivity contribution in [2.45, 2.75) is 17.9 Å². The minimum absolute atomic E-state index is 0.0114. The maximum atomic E-state index is 13.4. The minimum atomic E-state index is -4.10. The first-order valence-corrected chi connectivity index (χ1v) is 8.76. The molecule has 2 N–H and O–H groups in total. The lowest BCUT2D eigenvalue weighted by atomic mass is 10.2. The summed E-state index contributed by atoms with van der Waals surface area (Å²) in [5.74, 6) is -0.601. The van der Waals surface area contributed by atoms with Gasteiger partial charge in [-0.3, -0.25) is 9.52 Å². The number of amides is 1. The highest BCUT2D eigenvalue weighted by Gasteiger charge is 2.25. The summed E-state index contributed by atoms with van der Waals surface area (Å²) in [7, 11) is -2.81. The normalized spacial score (nSPS) is 16.4. The van der Waals surface area contributed by atoms with E-state index in [1.807, 2.05) is 0 Å². The number of ether oxygens (including phenoxy) is 2. The quantitative estimate of drug-likeness (QED) is 0.866. The molecule has 1 aliphatic rings. The molecule has 0 fully saturated rings. The highest BCUT2D eigenvalue weighted by molar-refractivity contribution is 7.92. The lowest BCUT2D eigenvalue weighted by Gasteiger charge is -2.23. The second-order valence-electron chi connectivity index (χ2n) is 5.36. The van der Waals surface area contributed by atoms with Crippen molar-refractivity contribution in [3.05, 3.63) is 42.2 Å². The zero-order valence-corrected chi connectivity index (χ0v) is 14.2. The van der Waals surface area contributed by atoms with E-state index in [0.29, 0.717) is 11.4 Å². The van der Waals surface area contributed by atoms with Crippen LogP contribution >= 0.6 is 0 Å². The van der Waals surface area contributed by atoms with E-state index in [-0.39, 0.29) is 22.2 Å². The summed E-state index contributed by atoms with van der Waals surface area (Å²) in [5.41, 5.74) is 0.526. The second kappa shape index (κ2) is 6.25. The molecule has 25 heavy (non-hydrogen) atoms. The molecule has 2 aromatic rings. The lowest BCUT2D eigenvalue weighted by molar-refractivity contribution is -0.122. The molecule has 1 amide bonds. The van der Waals surface area contributed by atoms with Gasteiger partial charge in [-0.05, 0) is 43.3 Å². The number of hydrogen-bond donors (Lipinski definition) is 2. The van der Waals surface area contributed by atoms with Crippen molar-refractivity contribution >= 4 is 27.3 Å². The molecule has 132 valence electrons. The summed E-state index contributed by atoms with van der Waals surface area (Å²) in [6.45, 7) is 1.60. The molecule has 1 heterocycles. The topological polar surface area (TPSA) is 93.7 Å². The number of hydrogen-bond acceptors (Lipinski definition) is 5. The molecule has 0 bridgehead atoms. The van der Waals surface area contributed by atoms with Crippen LogP contribution in [0.25, 0.3) is 0 Å². The van der Waals surface area contributed by atoms with Crippen LogP contribution < -0.4 is 19.5 Å². The summed E-state index contributed by atoms with van der Waals surface area (Å²) >= 11 is 0. The first-order chi connectivity index (χ1) is 11.8. The van der Waals surface area contributed by atoms with Crippen LogP contribution in [0.15, 0.2) is 41.3 Å². The fraction of sp³-hybridized carbons (Fsp3) is 0.188. The number of halogens is 1. The van der Waals surface area contributed by atoms with Crippen LogP contribution in [0.4, 0.5) is 15.8 Å². The van der Waals surface area contributed by atoms with E-state index in [0.717, 1.165) is 12.1 Å². The van der Waals surface area contributed by atoms with E-state index in [1.165, 1.54) is 31.4 Å². The Hall–Kier alpha value is -2.81. The predicted molar refractivity (Wildman–Crippen MR) is 88.9 cm³/mol. The van der Waals surface area contributed by atoms with Crippen LogP contribution in [-0.2, 0) is 14.8 Å². The summed E-state index contributed by atoms with van der Waals surface area (Å²) < 4.78 is 51.2. The van der Waals surface area contributed by atoms with Gasteiger partial charge in [0.05, 0.1) is 18.5 Å². The van der Waals surface area contributed by atoms with Crippen LogP contribution in [0.3, 0.4) is 0 Å². The first-order valence-electron chi connectivity index (χ1n) is 7.28. The van der Waals surface area contributed by atoms with Gasteiger partial charge < -0.3 is 14.8 Å². The minimum Gasteiger partial charge on any atom is -0.495 e. The number of carbonyl (C=O) groups excluding carboxylic acids is 1. The summed E-state index contributed by atoms with van der Waals surface area (Å²) in [6, 6.07) is 7.63. The molecule has 1 aliphatic heterocycles. The Morgan fingerprint density at radius 1 is 1.24 bits per heavy atom. The van der Waals surface area contributed by atoms with E-state index in [4.69, 9.17) is 9.47 Å². The molecule has 1 atom stereocenters. The zero-order valence-electron chi connectivity index (χ0n) is 13.4. The van der Waals surface area contributed by atoms with Gasteiger partial charge in [-0.15, -0.1) is 0 Å². The van der Waals surface area contributed by atoms with Gasteiger partial charge in [0.1, 0.15) is 22.2 Å². The lowest BCUT2D eigenvalue weighted by Crippen LogP contribution is -2.34. The van der Waals surface area contributed by atoms with Crippen LogP contribution in [0.5, 0.6) is 11.5 Å². The Labute approximate surface area is 143 Å². The monoisotopic (exact) mass is 366 g/mol. The molecule has 0 aliphatic carbocycles. The highest BCUT2D eigenvalue weighted by atomic mass is 32.2. The number of anilines is 2. The van der Waals surface area contributed by atoms with Crippen molar-refractivity contribution in [1.82, 2.24) is 0 Å². The van der Waals surface area contributed by atoms with Crippen molar-refractivity contribution in [2.24, 2.45) is 0 Å². The number of methoxy groups -OCH3 is 1. The van der Waals surface area contributed by atoms with Gasteiger partial charge in [0.25, 0.3) is 15.9 Å². The Balaban J connectivity index is 1.93. The molecule has 7 nitrogen and oxygen atoms in total. The molecule has 0 saturated heterocycles. The fourth-order valence-electron chi connectivity index (χ4n) is 2.34. The van der Waals surface area contributed by atoms with E-state index in [9.17, 15) is 17.6 Å². The summed E-state index contributed by atoms with van der Waals surface area (Å²) in [5, 5.41) is 2.62. The highest BCUT2D eigenvalue weighted by Crippen LogP contribution is 2.33. The van der Waals surface area contributed by atoms with E-state index in [1.54, 1.807) is 6.92 Å². The molecule has 0 spiro atoms. The molecule has 0 aromatic heterocycles. The molecule has 1 unspecified atom stereocenters. The number of nitrogens with one attached hydrogen (secondary N) is 2. The summed E-state index contributed by atoms with van der Waals surface area (Å²) in [4.78, 5) is 11.3. The third-order valence-corrected chi connectivity index (χ3v) is 4.98. The van der Waals surface area contributed by atoms with Gasteiger partial charge in [-0.1, -0.05) is 0 Å². The Kier molecular flexibility index (Phi) is 4.25. The van der Waals surface area contributed by atoms with Crippen molar-refractivity contribution in [3.63, 3.8) is 0 Å². The smallest absolute Gasteiger partial charge is 0.265 e. The fourth-order valence-corrected chi connectivity index (χ4v) is 3.57. The maximum absolute atomic E-state index is 13.4. The van der Waals surface area contributed by atoms with Gasteiger partial charge in [0, 0.05) is 0 Å². The molecule has 9 heteroatoms. The standard InChI is InChI=1S/C16H15FN2O5S/c1-9-16(20)18-12-8-11(4-6-13(12)24-9)19-25(21,22)15-7-10(17)3-5-14(15)23-2/h3-9,19H,1-2H3,(H,18,20). The third-order valence-electron chi connectivity index (χ3n) is 3.58. The van der Waals surface area contributed by atoms with Crippen molar-refractivity contribution in [2.75, 3.05) is 17.1 Å². The Morgan fingerprint density at radius 3 is 2.72 bits per heavy atom. The van der Waals surface area contributed by atoms with Gasteiger partial charge >= 0.3 is 0 Å². The number of rotatable bonds is 4. The molecule has 3 rings (SSSR count). The zero-order chi connectivity index (χ0) is 18.2. The number of benzene rings is 2. The summed E-state index contributed by atoms with van der Waals surface area (Å²) in [6.07, 6.45) is -0.633. The number of sulfonamides is 1. The third kappa shape index (κ3) is 3.36. The molecule has 0 saturated carbocycles. The van der Waals surface area contributed by atoms with Gasteiger partial charge in [0.2, 0.25) is 0 Å². The van der Waals surface area contributed by atoms with Crippen LogP contribution in [0, 0.1) is 5.82 Å². The molecule has 0 radical (unpaired) electrons. The molecular weight excluding hydrogens is 351 g/mol.